The molecule has 0 saturated carbocycles. The third kappa shape index (κ3) is 2.69. The largest absolute Gasteiger partial charge is 0.306 e. The molecule has 0 N–H and O–H groups in total. The van der Waals surface area contributed by atoms with Crippen LogP contribution in [0.4, 0.5) is 26.3 Å². The van der Waals surface area contributed by atoms with E-state index in [0.29, 0.717) is 0 Å². The van der Waals surface area contributed by atoms with Crippen LogP contribution < -0.4 is 0 Å². The minimum absolute atomic E-state index is 0.317. The fraction of sp³-hybridized carbons (Fsp3) is 0.0909. The molecule has 1 rings (SSSR count). The zero-order valence-corrected chi connectivity index (χ0v) is 8.50. The van der Waals surface area contributed by atoms with Gasteiger partial charge in [-0.2, -0.15) is 17.6 Å². The summed E-state index contributed by atoms with van der Waals surface area (Å²) in [6.45, 7) is 1.08. The Kier molecular flexibility index (Phi) is 3.98. The standard InChI is InChI=1S/C11H6F6/c1-5-6(8(12)10(14)15)3-2-4-7(5)9(13)11(16)17/h2-4H,1H3. The molecule has 0 saturated heterocycles. The minimum Gasteiger partial charge on any atom is -0.200 e. The van der Waals surface area contributed by atoms with E-state index >= 15 is 0 Å². The number of benzene rings is 1. The molecule has 0 spiro atoms. The second kappa shape index (κ2) is 5.07. The van der Waals surface area contributed by atoms with Crippen LogP contribution in [-0.2, 0) is 0 Å². The van der Waals surface area contributed by atoms with Gasteiger partial charge in [-0.1, -0.05) is 18.2 Å². The molecule has 1 aromatic rings. The Morgan fingerprint density at radius 1 is 0.765 bits per heavy atom. The van der Waals surface area contributed by atoms with Gasteiger partial charge in [0.05, 0.1) is 0 Å². The lowest BCUT2D eigenvalue weighted by Gasteiger charge is -2.07. The number of rotatable bonds is 2. The molecule has 0 aliphatic heterocycles. The summed E-state index contributed by atoms with van der Waals surface area (Å²) in [5.74, 6) is -3.70. The minimum atomic E-state index is -2.59. The van der Waals surface area contributed by atoms with Crippen molar-refractivity contribution in [1.29, 1.82) is 0 Å². The lowest BCUT2D eigenvalue weighted by atomic mass is 10.0. The van der Waals surface area contributed by atoms with E-state index in [1.165, 1.54) is 0 Å². The van der Waals surface area contributed by atoms with E-state index in [1.807, 2.05) is 0 Å². The number of hydrogen-bond acceptors (Lipinski definition) is 0. The van der Waals surface area contributed by atoms with Gasteiger partial charge in [-0.25, -0.2) is 8.78 Å². The van der Waals surface area contributed by atoms with Crippen molar-refractivity contribution in [2.75, 3.05) is 0 Å². The van der Waals surface area contributed by atoms with Crippen molar-refractivity contribution in [3.8, 4) is 0 Å². The van der Waals surface area contributed by atoms with E-state index in [-0.39, 0.29) is 5.56 Å². The molecule has 17 heavy (non-hydrogen) atoms. The maximum absolute atomic E-state index is 13.0. The molecule has 0 heterocycles. The summed E-state index contributed by atoms with van der Waals surface area (Å²) in [6.07, 6.45) is -5.18. The molecule has 0 amide bonds. The molecule has 6 heteroatoms. The van der Waals surface area contributed by atoms with Crippen LogP contribution in [0.15, 0.2) is 30.4 Å². The number of halogens is 6. The van der Waals surface area contributed by atoms with Crippen LogP contribution in [0, 0.1) is 6.92 Å². The predicted octanol–water partition coefficient (Wildman–Crippen LogP) is 5.06. The van der Waals surface area contributed by atoms with Crippen LogP contribution in [0.3, 0.4) is 0 Å². The Labute approximate surface area is 92.9 Å². The fourth-order valence-electron chi connectivity index (χ4n) is 1.31. The van der Waals surface area contributed by atoms with Crippen LogP contribution in [0.5, 0.6) is 0 Å². The normalized spacial score (nSPS) is 10.1. The van der Waals surface area contributed by atoms with Gasteiger partial charge in [-0.05, 0) is 12.5 Å². The molecule has 1 aromatic carbocycles. The van der Waals surface area contributed by atoms with Gasteiger partial charge in [0.2, 0.25) is 0 Å². The van der Waals surface area contributed by atoms with Gasteiger partial charge in [-0.15, -0.1) is 0 Å². The highest BCUT2D eigenvalue weighted by molar-refractivity contribution is 5.71. The van der Waals surface area contributed by atoms with Gasteiger partial charge in [0.25, 0.3) is 0 Å². The molecular formula is C11H6F6. The molecule has 0 nitrogen and oxygen atoms in total. The molecule has 92 valence electrons. The van der Waals surface area contributed by atoms with Gasteiger partial charge in [0.15, 0.2) is 11.7 Å². The summed E-state index contributed by atoms with van der Waals surface area (Å²) in [7, 11) is 0. The summed E-state index contributed by atoms with van der Waals surface area (Å²) in [6, 6.07) is 2.93. The highest BCUT2D eigenvalue weighted by atomic mass is 19.3. The van der Waals surface area contributed by atoms with Crippen LogP contribution in [0.1, 0.15) is 16.7 Å². The van der Waals surface area contributed by atoms with Gasteiger partial charge < -0.3 is 0 Å². The summed E-state index contributed by atoms with van der Waals surface area (Å²) < 4.78 is 74.1. The van der Waals surface area contributed by atoms with Crippen LogP contribution in [0.25, 0.3) is 11.7 Å². The summed E-state index contributed by atoms with van der Waals surface area (Å²) in [5.41, 5.74) is -1.54. The van der Waals surface area contributed by atoms with Crippen LogP contribution in [-0.4, -0.2) is 0 Å². The SMILES string of the molecule is Cc1c(C(F)=C(F)F)cccc1C(F)=C(F)F. The monoisotopic (exact) mass is 252 g/mol. The Morgan fingerprint density at radius 3 is 1.41 bits per heavy atom. The van der Waals surface area contributed by atoms with Crippen molar-refractivity contribution in [2.45, 2.75) is 6.92 Å². The highest BCUT2D eigenvalue weighted by Crippen LogP contribution is 2.31. The predicted molar refractivity (Wildman–Crippen MR) is 51.7 cm³/mol. The second-order valence-corrected chi connectivity index (χ2v) is 3.13. The molecule has 0 aliphatic rings. The van der Waals surface area contributed by atoms with E-state index in [2.05, 4.69) is 0 Å². The second-order valence-electron chi connectivity index (χ2n) is 3.13. The molecule has 0 aromatic heterocycles. The first-order chi connectivity index (χ1) is 7.86. The first-order valence-corrected chi connectivity index (χ1v) is 4.38. The average Bonchev–Trinajstić information content (AvgIpc) is 2.27. The molecular weight excluding hydrogens is 246 g/mol. The topological polar surface area (TPSA) is 0 Å². The van der Waals surface area contributed by atoms with E-state index in [0.717, 1.165) is 25.1 Å². The fourth-order valence-corrected chi connectivity index (χ4v) is 1.31. The first-order valence-electron chi connectivity index (χ1n) is 4.38. The highest BCUT2D eigenvalue weighted by Gasteiger charge is 2.17. The molecule has 0 aliphatic carbocycles. The Balaban J connectivity index is 3.47. The smallest absolute Gasteiger partial charge is 0.200 e. The van der Waals surface area contributed by atoms with E-state index in [4.69, 9.17) is 0 Å². The van der Waals surface area contributed by atoms with Crippen molar-refractivity contribution in [1.82, 2.24) is 0 Å². The molecule has 0 atom stereocenters. The van der Waals surface area contributed by atoms with E-state index in [9.17, 15) is 26.3 Å². The Morgan fingerprint density at radius 2 is 1.12 bits per heavy atom. The summed E-state index contributed by atoms with van der Waals surface area (Å²) >= 11 is 0. The van der Waals surface area contributed by atoms with Gasteiger partial charge in [0.1, 0.15) is 0 Å². The summed E-state index contributed by atoms with van der Waals surface area (Å²) in [4.78, 5) is 0. The van der Waals surface area contributed by atoms with Crippen molar-refractivity contribution in [3.05, 3.63) is 47.1 Å². The van der Waals surface area contributed by atoms with Crippen LogP contribution >= 0.6 is 0 Å². The van der Waals surface area contributed by atoms with Crippen LogP contribution in [0.2, 0.25) is 0 Å². The quantitative estimate of drug-likeness (QED) is 0.645. The third-order valence-corrected chi connectivity index (χ3v) is 2.14. The zero-order valence-electron chi connectivity index (χ0n) is 8.50. The Hall–Kier alpha value is -1.72. The van der Waals surface area contributed by atoms with E-state index in [1.54, 1.807) is 0 Å². The average molecular weight is 252 g/mol. The van der Waals surface area contributed by atoms with Crippen molar-refractivity contribution < 1.29 is 26.3 Å². The maximum Gasteiger partial charge on any atom is 0.306 e. The first kappa shape index (κ1) is 13.3. The zero-order chi connectivity index (χ0) is 13.2. The van der Waals surface area contributed by atoms with Gasteiger partial charge >= 0.3 is 12.2 Å². The summed E-state index contributed by atoms with van der Waals surface area (Å²) in [5, 5.41) is 0. The van der Waals surface area contributed by atoms with Crippen molar-refractivity contribution in [3.63, 3.8) is 0 Å². The lowest BCUT2D eigenvalue weighted by molar-refractivity contribution is 0.410. The Bertz CT molecular complexity index is 450. The van der Waals surface area contributed by atoms with Crippen molar-refractivity contribution in [2.24, 2.45) is 0 Å². The maximum atomic E-state index is 13.0. The van der Waals surface area contributed by atoms with Gasteiger partial charge in [-0.3, -0.25) is 0 Å². The van der Waals surface area contributed by atoms with Crippen molar-refractivity contribution >= 4 is 11.7 Å². The van der Waals surface area contributed by atoms with E-state index < -0.39 is 34.9 Å². The molecule has 0 bridgehead atoms. The van der Waals surface area contributed by atoms with Gasteiger partial charge in [0, 0.05) is 11.1 Å². The third-order valence-electron chi connectivity index (χ3n) is 2.14. The molecule has 0 radical (unpaired) electrons. The molecule has 0 fully saturated rings. The number of hydrogen-bond donors (Lipinski definition) is 0. The molecule has 0 unspecified atom stereocenters. The lowest BCUT2D eigenvalue weighted by Crippen LogP contribution is -1.92.